The molecule has 1 N–H and O–H groups in total. The number of piperidine rings is 1. The Morgan fingerprint density at radius 2 is 1.73 bits per heavy atom. The number of carbonyl (C=O) groups is 2. The summed E-state index contributed by atoms with van der Waals surface area (Å²) in [5.41, 5.74) is 2.13. The van der Waals surface area contributed by atoms with Crippen LogP contribution in [0.2, 0.25) is 0 Å². The summed E-state index contributed by atoms with van der Waals surface area (Å²) in [6.45, 7) is 1.46. The summed E-state index contributed by atoms with van der Waals surface area (Å²) in [5.74, 6) is 1.28. The van der Waals surface area contributed by atoms with Gasteiger partial charge in [-0.3, -0.25) is 14.7 Å². The second-order valence-electron chi connectivity index (χ2n) is 8.37. The molecule has 2 aromatic carbocycles. The van der Waals surface area contributed by atoms with Crippen molar-refractivity contribution in [3.8, 4) is 11.5 Å². The SMILES string of the molecule is CN(C(=O)c1cc(C2CCN(C(=O)C3COc4ccccc4O3)CC2)[nH]n1)c1ccccc1. The van der Waals surface area contributed by atoms with E-state index in [0.29, 0.717) is 30.3 Å². The lowest BCUT2D eigenvalue weighted by atomic mass is 9.93. The molecule has 8 nitrogen and oxygen atoms in total. The molecule has 3 aromatic rings. The molecule has 2 aliphatic rings. The van der Waals surface area contributed by atoms with E-state index in [1.807, 2.05) is 65.6 Å². The molecule has 0 saturated carbocycles. The topological polar surface area (TPSA) is 87.8 Å². The molecular formula is C25H26N4O4. The zero-order valence-corrected chi connectivity index (χ0v) is 18.4. The Morgan fingerprint density at radius 1 is 1.03 bits per heavy atom. The zero-order valence-electron chi connectivity index (χ0n) is 18.4. The number of aromatic amines is 1. The van der Waals surface area contributed by atoms with Crippen molar-refractivity contribution in [1.29, 1.82) is 0 Å². The lowest BCUT2D eigenvalue weighted by molar-refractivity contribution is -0.142. The summed E-state index contributed by atoms with van der Waals surface area (Å²) in [6, 6.07) is 18.7. The summed E-state index contributed by atoms with van der Waals surface area (Å²) in [4.78, 5) is 29.2. The lowest BCUT2D eigenvalue weighted by Gasteiger charge is -2.35. The van der Waals surface area contributed by atoms with E-state index < -0.39 is 6.10 Å². The first-order valence-corrected chi connectivity index (χ1v) is 11.2. The van der Waals surface area contributed by atoms with Crippen LogP contribution in [0.1, 0.15) is 34.9 Å². The van der Waals surface area contributed by atoms with E-state index in [2.05, 4.69) is 10.2 Å². The number of likely N-dealkylation sites (tertiary alicyclic amines) is 1. The number of benzene rings is 2. The molecule has 1 unspecified atom stereocenters. The number of para-hydroxylation sites is 3. The minimum absolute atomic E-state index is 0.0482. The molecule has 3 heterocycles. The Balaban J connectivity index is 1.18. The molecule has 1 atom stereocenters. The summed E-state index contributed by atoms with van der Waals surface area (Å²) in [7, 11) is 1.74. The van der Waals surface area contributed by atoms with Gasteiger partial charge in [0.15, 0.2) is 17.2 Å². The van der Waals surface area contributed by atoms with E-state index in [4.69, 9.17) is 9.47 Å². The first-order chi connectivity index (χ1) is 16.1. The van der Waals surface area contributed by atoms with Gasteiger partial charge >= 0.3 is 0 Å². The highest BCUT2D eigenvalue weighted by molar-refractivity contribution is 6.04. The van der Waals surface area contributed by atoms with Crippen molar-refractivity contribution < 1.29 is 19.1 Å². The molecule has 33 heavy (non-hydrogen) atoms. The van der Waals surface area contributed by atoms with Crippen molar-refractivity contribution in [3.05, 3.63) is 72.1 Å². The van der Waals surface area contributed by atoms with Gasteiger partial charge in [-0.1, -0.05) is 30.3 Å². The number of amides is 2. The standard InChI is InChI=1S/C25H26N4O4/c1-28(18-7-3-2-4-8-18)24(30)20-15-19(26-27-20)17-11-13-29(14-12-17)25(31)23-16-32-21-9-5-6-10-22(21)33-23/h2-10,15,17,23H,11-14,16H2,1H3,(H,26,27). The van der Waals surface area contributed by atoms with E-state index in [0.717, 1.165) is 24.2 Å². The van der Waals surface area contributed by atoms with Crippen LogP contribution in [0.5, 0.6) is 11.5 Å². The van der Waals surface area contributed by atoms with E-state index in [1.54, 1.807) is 11.9 Å². The minimum atomic E-state index is -0.624. The highest BCUT2D eigenvalue weighted by Gasteiger charge is 2.34. The normalized spacial score (nSPS) is 18.1. The summed E-state index contributed by atoms with van der Waals surface area (Å²) < 4.78 is 11.6. The van der Waals surface area contributed by atoms with Crippen molar-refractivity contribution in [2.75, 3.05) is 31.6 Å². The molecule has 170 valence electrons. The van der Waals surface area contributed by atoms with Gasteiger partial charge in [-0.15, -0.1) is 0 Å². The van der Waals surface area contributed by atoms with Gasteiger partial charge in [0.2, 0.25) is 6.10 Å². The fraction of sp³-hybridized carbons (Fsp3) is 0.320. The van der Waals surface area contributed by atoms with Crippen LogP contribution in [-0.2, 0) is 4.79 Å². The van der Waals surface area contributed by atoms with E-state index in [1.165, 1.54) is 0 Å². The minimum Gasteiger partial charge on any atom is -0.485 e. The second-order valence-corrected chi connectivity index (χ2v) is 8.37. The number of nitrogens with one attached hydrogen (secondary N) is 1. The Labute approximate surface area is 192 Å². The van der Waals surface area contributed by atoms with Crippen LogP contribution in [0.3, 0.4) is 0 Å². The van der Waals surface area contributed by atoms with Crippen LogP contribution in [0.25, 0.3) is 0 Å². The monoisotopic (exact) mass is 446 g/mol. The van der Waals surface area contributed by atoms with Crippen LogP contribution in [0, 0.1) is 0 Å². The summed E-state index contributed by atoms with van der Waals surface area (Å²) in [6.07, 6.45) is 0.960. The second kappa shape index (κ2) is 8.97. The maximum Gasteiger partial charge on any atom is 0.278 e. The van der Waals surface area contributed by atoms with Crippen LogP contribution in [-0.4, -0.2) is 59.8 Å². The van der Waals surface area contributed by atoms with E-state index in [-0.39, 0.29) is 24.3 Å². The molecule has 1 saturated heterocycles. The Bertz CT molecular complexity index is 1140. The van der Waals surface area contributed by atoms with Gasteiger partial charge in [0.1, 0.15) is 6.61 Å². The molecule has 0 spiro atoms. The Morgan fingerprint density at radius 3 is 2.48 bits per heavy atom. The molecule has 0 aliphatic carbocycles. The third-order valence-corrected chi connectivity index (χ3v) is 6.30. The number of H-pyrrole nitrogens is 1. The molecule has 0 radical (unpaired) electrons. The first-order valence-electron chi connectivity index (χ1n) is 11.2. The van der Waals surface area contributed by atoms with Crippen LogP contribution in [0.4, 0.5) is 5.69 Å². The van der Waals surface area contributed by atoms with Gasteiger partial charge in [0.05, 0.1) is 0 Å². The molecule has 2 amide bonds. The molecule has 2 aliphatic heterocycles. The number of ether oxygens (including phenoxy) is 2. The van der Waals surface area contributed by atoms with Crippen LogP contribution >= 0.6 is 0 Å². The van der Waals surface area contributed by atoms with E-state index >= 15 is 0 Å². The van der Waals surface area contributed by atoms with Gasteiger partial charge in [-0.2, -0.15) is 5.10 Å². The predicted octanol–water partition coefficient (Wildman–Crippen LogP) is 3.23. The first kappa shape index (κ1) is 21.1. The Hall–Kier alpha value is -3.81. The van der Waals surface area contributed by atoms with Crippen LogP contribution < -0.4 is 14.4 Å². The van der Waals surface area contributed by atoms with Crippen molar-refractivity contribution in [1.82, 2.24) is 15.1 Å². The maximum atomic E-state index is 13.0. The number of carbonyl (C=O) groups excluding carboxylic acids is 2. The molecule has 5 rings (SSSR count). The van der Waals surface area contributed by atoms with E-state index in [9.17, 15) is 9.59 Å². The molecule has 1 fully saturated rings. The smallest absolute Gasteiger partial charge is 0.278 e. The van der Waals surface area contributed by atoms with Gasteiger partial charge in [0.25, 0.3) is 11.8 Å². The largest absolute Gasteiger partial charge is 0.485 e. The quantitative estimate of drug-likeness (QED) is 0.665. The van der Waals surface area contributed by atoms with Gasteiger partial charge in [-0.25, -0.2) is 0 Å². The fourth-order valence-electron chi connectivity index (χ4n) is 4.35. The van der Waals surface area contributed by atoms with Crippen molar-refractivity contribution >= 4 is 17.5 Å². The van der Waals surface area contributed by atoms with Gasteiger partial charge in [0, 0.05) is 37.4 Å². The zero-order chi connectivity index (χ0) is 22.8. The highest BCUT2D eigenvalue weighted by Crippen LogP contribution is 2.32. The number of fused-ring (bicyclic) bond motifs is 1. The average molecular weight is 447 g/mol. The lowest BCUT2D eigenvalue weighted by Crippen LogP contribution is -2.48. The number of hydrogen-bond donors (Lipinski definition) is 1. The summed E-state index contributed by atoms with van der Waals surface area (Å²) >= 11 is 0. The number of hydrogen-bond acceptors (Lipinski definition) is 5. The number of rotatable bonds is 4. The third-order valence-electron chi connectivity index (χ3n) is 6.30. The van der Waals surface area contributed by atoms with Crippen molar-refractivity contribution in [2.24, 2.45) is 0 Å². The summed E-state index contributed by atoms with van der Waals surface area (Å²) in [5, 5.41) is 7.29. The predicted molar refractivity (Wildman–Crippen MR) is 123 cm³/mol. The molecule has 8 heteroatoms. The average Bonchev–Trinajstić information content (AvgIpc) is 3.38. The van der Waals surface area contributed by atoms with Gasteiger partial charge in [-0.05, 0) is 43.2 Å². The number of aromatic nitrogens is 2. The van der Waals surface area contributed by atoms with Crippen molar-refractivity contribution in [3.63, 3.8) is 0 Å². The number of nitrogens with zero attached hydrogens (tertiary/aromatic N) is 3. The molecule has 1 aromatic heterocycles. The third kappa shape index (κ3) is 4.28. The van der Waals surface area contributed by atoms with Crippen molar-refractivity contribution in [2.45, 2.75) is 24.9 Å². The van der Waals surface area contributed by atoms with Gasteiger partial charge < -0.3 is 19.3 Å². The Kier molecular flexibility index (Phi) is 5.73. The molecular weight excluding hydrogens is 420 g/mol. The fourth-order valence-corrected chi connectivity index (χ4v) is 4.35. The van der Waals surface area contributed by atoms with Crippen LogP contribution in [0.15, 0.2) is 60.7 Å². The molecule has 0 bridgehead atoms. The number of anilines is 1. The highest BCUT2D eigenvalue weighted by atomic mass is 16.6. The maximum absolute atomic E-state index is 13.0.